The highest BCUT2D eigenvalue weighted by Crippen LogP contribution is 2.37. The standard InChI is InChI=1S/C45H51ClF3N5O5S3/c1-31(2)54(32(3)4)27-24-38(30-60-39-11-6-5-7-12-39)52-42-23-22-40(28-43(42)61(56,57)45(47,48)49)62(58,59)53-44(55)34-16-20-37(21-17-34)51-26-25-50-29-35-10-8-9-13-41(35)33-14-18-36(46)19-15-33/h5-23,28,31-32,38,50-52H,24-27,29-30H2,1-4H3,(H,53,55)/t38-/m1/s1. The number of hydrogen-bond acceptors (Lipinski definition) is 10. The highest BCUT2D eigenvalue weighted by Gasteiger charge is 2.48. The molecule has 1 atom stereocenters. The Labute approximate surface area is 372 Å². The molecule has 5 aromatic rings. The van der Waals surface area contributed by atoms with Crippen molar-refractivity contribution in [2.75, 3.05) is 36.0 Å². The Balaban J connectivity index is 1.25. The lowest BCUT2D eigenvalue weighted by Gasteiger charge is -2.32. The van der Waals surface area contributed by atoms with Gasteiger partial charge in [-0.1, -0.05) is 66.2 Å². The van der Waals surface area contributed by atoms with Crippen LogP contribution < -0.4 is 20.7 Å². The van der Waals surface area contributed by atoms with E-state index in [1.165, 1.54) is 23.9 Å². The average molecular weight is 931 g/mol. The summed E-state index contributed by atoms with van der Waals surface area (Å²) in [6, 6.07) is 33.2. The van der Waals surface area contributed by atoms with Crippen molar-refractivity contribution in [1.82, 2.24) is 14.9 Å². The van der Waals surface area contributed by atoms with Crippen molar-refractivity contribution in [3.63, 3.8) is 0 Å². The molecule has 0 bridgehead atoms. The van der Waals surface area contributed by atoms with E-state index in [2.05, 4.69) is 20.9 Å². The van der Waals surface area contributed by atoms with Crippen LogP contribution in [-0.4, -0.2) is 76.7 Å². The van der Waals surface area contributed by atoms with E-state index in [0.717, 1.165) is 33.7 Å². The number of benzene rings is 5. The lowest BCUT2D eigenvalue weighted by atomic mass is 10.00. The van der Waals surface area contributed by atoms with Gasteiger partial charge < -0.3 is 16.0 Å². The van der Waals surface area contributed by atoms with Crippen molar-refractivity contribution >= 4 is 60.5 Å². The molecule has 0 heterocycles. The predicted octanol–water partition coefficient (Wildman–Crippen LogP) is 9.70. The second-order valence-electron chi connectivity index (χ2n) is 15.1. The average Bonchev–Trinajstić information content (AvgIpc) is 3.23. The Hall–Kier alpha value is -4.58. The first-order valence-corrected chi connectivity index (χ1v) is 24.3. The van der Waals surface area contributed by atoms with Gasteiger partial charge in [0.2, 0.25) is 0 Å². The fraction of sp³-hybridized carbons (Fsp3) is 0.311. The number of hydrogen-bond donors (Lipinski definition) is 4. The molecule has 4 N–H and O–H groups in total. The number of thioether (sulfide) groups is 1. The minimum absolute atomic E-state index is 0.0481. The molecule has 1 amide bonds. The SMILES string of the molecule is CC(C)N(CC[C@H](CSc1ccccc1)Nc1ccc(S(=O)(=O)NC(=O)c2ccc(NCCNCc3ccccc3-c3ccc(Cl)cc3)cc2)cc1S(=O)(=O)C(F)(F)F)C(C)C. The molecule has 332 valence electrons. The largest absolute Gasteiger partial charge is 0.501 e. The summed E-state index contributed by atoms with van der Waals surface area (Å²) in [7, 11) is -10.9. The normalized spacial score (nSPS) is 12.8. The molecule has 5 rings (SSSR count). The van der Waals surface area contributed by atoms with Crippen LogP contribution in [0.15, 0.2) is 136 Å². The molecule has 0 aliphatic heterocycles. The molecule has 0 aliphatic carbocycles. The van der Waals surface area contributed by atoms with Crippen LogP contribution in [0.1, 0.15) is 50.0 Å². The van der Waals surface area contributed by atoms with Crippen LogP contribution in [0, 0.1) is 0 Å². The van der Waals surface area contributed by atoms with Crippen LogP contribution in [0.25, 0.3) is 11.1 Å². The first-order chi connectivity index (χ1) is 29.4. The van der Waals surface area contributed by atoms with Gasteiger partial charge in [-0.25, -0.2) is 21.6 Å². The number of alkyl halides is 3. The monoisotopic (exact) mass is 929 g/mol. The molecule has 5 aromatic carbocycles. The summed E-state index contributed by atoms with van der Waals surface area (Å²) in [5, 5.41) is 10.3. The second kappa shape index (κ2) is 21.7. The zero-order valence-corrected chi connectivity index (χ0v) is 38.0. The smallest absolute Gasteiger partial charge is 0.384 e. The van der Waals surface area contributed by atoms with Gasteiger partial charge in [0.15, 0.2) is 0 Å². The van der Waals surface area contributed by atoms with E-state index in [1.54, 1.807) is 12.1 Å². The van der Waals surface area contributed by atoms with Crippen molar-refractivity contribution in [2.24, 2.45) is 0 Å². The summed E-state index contributed by atoms with van der Waals surface area (Å²) < 4.78 is 97.3. The van der Waals surface area contributed by atoms with Gasteiger partial charge in [-0.2, -0.15) is 13.2 Å². The lowest BCUT2D eigenvalue weighted by Crippen LogP contribution is -2.40. The Morgan fingerprint density at radius 3 is 2.08 bits per heavy atom. The molecular weight excluding hydrogens is 879 g/mol. The molecular formula is C45H51ClF3N5O5S3. The van der Waals surface area contributed by atoms with Gasteiger partial charge >= 0.3 is 5.51 Å². The third-order valence-corrected chi connectivity index (χ3v) is 14.2. The summed E-state index contributed by atoms with van der Waals surface area (Å²) in [6.45, 7) is 10.4. The number of sulfonamides is 1. The maximum absolute atomic E-state index is 14.1. The van der Waals surface area contributed by atoms with Crippen LogP contribution in [0.2, 0.25) is 5.02 Å². The third kappa shape index (κ3) is 13.2. The quantitative estimate of drug-likeness (QED) is 0.0416. The topological polar surface area (TPSA) is 137 Å². The first-order valence-electron chi connectivity index (χ1n) is 20.0. The van der Waals surface area contributed by atoms with Crippen molar-refractivity contribution in [1.29, 1.82) is 0 Å². The summed E-state index contributed by atoms with van der Waals surface area (Å²) in [6.07, 6.45) is 0.434. The van der Waals surface area contributed by atoms with Crippen LogP contribution >= 0.6 is 23.4 Å². The fourth-order valence-corrected chi connectivity index (χ4v) is 9.91. The number of nitrogens with one attached hydrogen (secondary N) is 4. The summed E-state index contributed by atoms with van der Waals surface area (Å²) >= 11 is 7.50. The number of halogens is 4. The van der Waals surface area contributed by atoms with E-state index in [0.29, 0.717) is 55.1 Å². The Bertz CT molecular complexity index is 2470. The van der Waals surface area contributed by atoms with E-state index in [-0.39, 0.29) is 17.6 Å². The highest BCUT2D eigenvalue weighted by atomic mass is 35.5. The van der Waals surface area contributed by atoms with Gasteiger partial charge in [0, 0.05) is 71.2 Å². The van der Waals surface area contributed by atoms with Crippen LogP contribution in [0.3, 0.4) is 0 Å². The summed E-state index contributed by atoms with van der Waals surface area (Å²) in [4.78, 5) is 14.2. The minimum Gasteiger partial charge on any atom is -0.384 e. The van der Waals surface area contributed by atoms with Crippen molar-refractivity contribution < 1.29 is 34.8 Å². The molecule has 17 heteroatoms. The maximum atomic E-state index is 14.1. The molecule has 0 radical (unpaired) electrons. The number of amides is 1. The Kier molecular flexibility index (Phi) is 16.9. The zero-order chi connectivity index (χ0) is 45.1. The predicted molar refractivity (Wildman–Crippen MR) is 244 cm³/mol. The Morgan fingerprint density at radius 1 is 0.790 bits per heavy atom. The van der Waals surface area contributed by atoms with Crippen molar-refractivity contribution in [2.45, 2.75) is 79.0 Å². The van der Waals surface area contributed by atoms with Crippen LogP contribution in [0.5, 0.6) is 0 Å². The Morgan fingerprint density at radius 2 is 1.44 bits per heavy atom. The second-order valence-corrected chi connectivity index (χ2v) is 20.2. The summed E-state index contributed by atoms with van der Waals surface area (Å²) in [5.74, 6) is -0.695. The number of nitrogens with zero attached hydrogens (tertiary/aromatic N) is 1. The molecule has 0 saturated carbocycles. The molecule has 0 unspecified atom stereocenters. The number of anilines is 2. The summed E-state index contributed by atoms with van der Waals surface area (Å²) in [5.41, 5.74) is -2.30. The van der Waals surface area contributed by atoms with Gasteiger partial charge in [-0.3, -0.25) is 9.69 Å². The molecule has 62 heavy (non-hydrogen) atoms. The van der Waals surface area contributed by atoms with Gasteiger partial charge in [0.25, 0.3) is 25.8 Å². The lowest BCUT2D eigenvalue weighted by molar-refractivity contribution is -0.0435. The van der Waals surface area contributed by atoms with Gasteiger partial charge in [0.05, 0.1) is 10.6 Å². The third-order valence-electron chi connectivity index (χ3n) is 9.97. The minimum atomic E-state index is -6.06. The van der Waals surface area contributed by atoms with E-state index in [9.17, 15) is 34.8 Å². The fourth-order valence-electron chi connectivity index (χ4n) is 6.77. The van der Waals surface area contributed by atoms with E-state index in [4.69, 9.17) is 11.6 Å². The van der Waals surface area contributed by atoms with Crippen LogP contribution in [0.4, 0.5) is 24.5 Å². The highest BCUT2D eigenvalue weighted by molar-refractivity contribution is 7.99. The van der Waals surface area contributed by atoms with E-state index >= 15 is 0 Å². The van der Waals surface area contributed by atoms with E-state index < -0.39 is 52.8 Å². The van der Waals surface area contributed by atoms with Crippen molar-refractivity contribution in [3.8, 4) is 11.1 Å². The van der Waals surface area contributed by atoms with E-state index in [1.807, 2.05) is 111 Å². The van der Waals surface area contributed by atoms with Gasteiger partial charge in [-0.15, -0.1) is 11.8 Å². The molecule has 0 saturated heterocycles. The number of rotatable bonds is 21. The molecule has 0 spiro atoms. The number of sulfone groups is 1. The zero-order valence-electron chi connectivity index (χ0n) is 34.7. The molecule has 0 fully saturated rings. The molecule has 10 nitrogen and oxygen atoms in total. The maximum Gasteiger partial charge on any atom is 0.501 e. The molecule has 0 aliphatic rings. The van der Waals surface area contributed by atoms with Gasteiger partial charge in [-0.05, 0) is 118 Å². The molecule has 0 aromatic heterocycles. The first kappa shape index (κ1) is 48.5. The van der Waals surface area contributed by atoms with Crippen LogP contribution in [-0.2, 0) is 26.4 Å². The number of carbonyl (C=O) groups excluding carboxylic acids is 1. The number of carbonyl (C=O) groups is 1. The van der Waals surface area contributed by atoms with Crippen molar-refractivity contribution in [3.05, 3.63) is 137 Å². The van der Waals surface area contributed by atoms with Gasteiger partial charge in [0.1, 0.15) is 4.90 Å².